The van der Waals surface area contributed by atoms with E-state index in [1.807, 2.05) is 4.90 Å². The minimum absolute atomic E-state index is 0.483. The normalized spacial score (nSPS) is 9.95. The summed E-state index contributed by atoms with van der Waals surface area (Å²) in [5, 5.41) is 9.18. The molecule has 102 valence electrons. The lowest BCUT2D eigenvalue weighted by Crippen LogP contribution is -2.31. The van der Waals surface area contributed by atoms with E-state index in [9.17, 15) is 10.1 Å². The zero-order valence-corrected chi connectivity index (χ0v) is 11.3. The van der Waals surface area contributed by atoms with Gasteiger partial charge in [0, 0.05) is 32.9 Å². The molecule has 1 aromatic rings. The van der Waals surface area contributed by atoms with Crippen LogP contribution in [0.5, 0.6) is 0 Å². The molecule has 0 radical (unpaired) electrons. The van der Waals surface area contributed by atoms with Gasteiger partial charge in [0.2, 0.25) is 0 Å². The lowest BCUT2D eigenvalue weighted by atomic mass is 10.1. The predicted octanol–water partition coefficient (Wildman–Crippen LogP) is 1.47. The average Bonchev–Trinajstić information content (AvgIpc) is 2.47. The number of ether oxygens (including phenoxy) is 2. The highest BCUT2D eigenvalue weighted by atomic mass is 16.5. The van der Waals surface area contributed by atoms with Crippen molar-refractivity contribution >= 4 is 12.0 Å². The Bertz CT molecular complexity index is 446. The monoisotopic (exact) mass is 262 g/mol. The second kappa shape index (κ2) is 8.25. The lowest BCUT2D eigenvalue weighted by molar-refractivity contribution is 0.112. The van der Waals surface area contributed by atoms with Gasteiger partial charge in [0.25, 0.3) is 0 Å². The number of carbonyl (C=O) groups excluding carboxylic acids is 1. The molecule has 0 fully saturated rings. The second-order valence-electron chi connectivity index (χ2n) is 3.98. The molecule has 0 spiro atoms. The number of benzene rings is 1. The molecule has 0 heterocycles. The lowest BCUT2D eigenvalue weighted by Gasteiger charge is -2.25. The van der Waals surface area contributed by atoms with Crippen LogP contribution in [0.15, 0.2) is 18.2 Å². The fraction of sp³-hybridized carbons (Fsp3) is 0.429. The molecule has 5 nitrogen and oxygen atoms in total. The quantitative estimate of drug-likeness (QED) is 0.664. The number of methoxy groups -OCH3 is 2. The van der Waals surface area contributed by atoms with Gasteiger partial charge in [0.15, 0.2) is 0 Å². The molecule has 0 aliphatic rings. The summed E-state index contributed by atoms with van der Waals surface area (Å²) in [6, 6.07) is 7.20. The number of aldehydes is 1. The molecule has 0 saturated heterocycles. The fourth-order valence-corrected chi connectivity index (χ4v) is 1.75. The van der Waals surface area contributed by atoms with E-state index in [2.05, 4.69) is 6.07 Å². The molecule has 0 atom stereocenters. The van der Waals surface area contributed by atoms with Gasteiger partial charge in [-0.05, 0) is 18.2 Å². The van der Waals surface area contributed by atoms with Crippen LogP contribution in [0, 0.1) is 11.3 Å². The molecule has 19 heavy (non-hydrogen) atoms. The van der Waals surface area contributed by atoms with E-state index in [1.165, 1.54) is 0 Å². The van der Waals surface area contributed by atoms with Crippen molar-refractivity contribution in [2.24, 2.45) is 0 Å². The Labute approximate surface area is 113 Å². The van der Waals surface area contributed by atoms with Crippen molar-refractivity contribution in [2.75, 3.05) is 45.4 Å². The summed E-state index contributed by atoms with van der Waals surface area (Å²) in [6.07, 6.45) is 0.735. The Morgan fingerprint density at radius 1 is 1.26 bits per heavy atom. The van der Waals surface area contributed by atoms with Gasteiger partial charge in [-0.3, -0.25) is 4.79 Å². The molecular weight excluding hydrogens is 244 g/mol. The number of nitrogens with zero attached hydrogens (tertiary/aromatic N) is 2. The molecule has 1 aromatic carbocycles. The molecule has 5 heteroatoms. The number of rotatable bonds is 8. The SMILES string of the molecule is COCCN(CCOC)c1ccc(C=O)cc1C#N. The summed E-state index contributed by atoms with van der Waals surface area (Å²) in [5.41, 5.74) is 1.78. The fourth-order valence-electron chi connectivity index (χ4n) is 1.75. The first kappa shape index (κ1) is 15.2. The van der Waals surface area contributed by atoms with Crippen molar-refractivity contribution in [2.45, 2.75) is 0 Å². The number of hydrogen-bond acceptors (Lipinski definition) is 5. The minimum Gasteiger partial charge on any atom is -0.383 e. The highest BCUT2D eigenvalue weighted by Crippen LogP contribution is 2.20. The van der Waals surface area contributed by atoms with Crippen LogP contribution in [0.25, 0.3) is 0 Å². The van der Waals surface area contributed by atoms with Crippen LogP contribution >= 0.6 is 0 Å². The zero-order chi connectivity index (χ0) is 14.1. The van der Waals surface area contributed by atoms with Crippen molar-refractivity contribution in [1.29, 1.82) is 5.26 Å². The van der Waals surface area contributed by atoms with Gasteiger partial charge in [0.1, 0.15) is 12.4 Å². The van der Waals surface area contributed by atoms with E-state index in [1.54, 1.807) is 32.4 Å². The van der Waals surface area contributed by atoms with Crippen LogP contribution in [-0.2, 0) is 9.47 Å². The summed E-state index contributed by atoms with van der Waals surface area (Å²) in [5.74, 6) is 0. The zero-order valence-electron chi connectivity index (χ0n) is 11.3. The Morgan fingerprint density at radius 3 is 2.37 bits per heavy atom. The molecule has 0 unspecified atom stereocenters. The first-order valence-electron chi connectivity index (χ1n) is 5.99. The smallest absolute Gasteiger partial charge is 0.150 e. The van der Waals surface area contributed by atoms with Gasteiger partial charge in [-0.25, -0.2) is 0 Å². The van der Waals surface area contributed by atoms with Gasteiger partial charge in [-0.1, -0.05) is 0 Å². The van der Waals surface area contributed by atoms with Gasteiger partial charge in [0.05, 0.1) is 24.5 Å². The van der Waals surface area contributed by atoms with Crippen molar-refractivity contribution < 1.29 is 14.3 Å². The van der Waals surface area contributed by atoms with Gasteiger partial charge in [-0.2, -0.15) is 5.26 Å². The standard InChI is InChI=1S/C14H18N2O3/c1-18-7-5-16(6-8-19-2)14-4-3-12(11-17)9-13(14)10-15/h3-4,9,11H,5-8H2,1-2H3. The third-order valence-corrected chi connectivity index (χ3v) is 2.75. The van der Waals surface area contributed by atoms with Crippen LogP contribution in [0.2, 0.25) is 0 Å². The number of nitriles is 1. The van der Waals surface area contributed by atoms with Crippen LogP contribution in [0.1, 0.15) is 15.9 Å². The van der Waals surface area contributed by atoms with Crippen molar-refractivity contribution in [3.05, 3.63) is 29.3 Å². The van der Waals surface area contributed by atoms with Crippen molar-refractivity contribution in [1.82, 2.24) is 0 Å². The Kier molecular flexibility index (Phi) is 6.58. The molecule has 1 rings (SSSR count). The van der Waals surface area contributed by atoms with E-state index < -0.39 is 0 Å². The maximum Gasteiger partial charge on any atom is 0.150 e. The number of anilines is 1. The maximum atomic E-state index is 10.7. The molecule has 0 amide bonds. The minimum atomic E-state index is 0.483. The van der Waals surface area contributed by atoms with E-state index >= 15 is 0 Å². The van der Waals surface area contributed by atoms with Crippen LogP contribution in [-0.4, -0.2) is 46.8 Å². The highest BCUT2D eigenvalue weighted by Gasteiger charge is 2.11. The Hall–Kier alpha value is -1.90. The summed E-state index contributed by atoms with van der Waals surface area (Å²) in [4.78, 5) is 12.8. The van der Waals surface area contributed by atoms with Crippen LogP contribution in [0.3, 0.4) is 0 Å². The Morgan fingerprint density at radius 2 is 1.89 bits per heavy atom. The summed E-state index contributed by atoms with van der Waals surface area (Å²) in [6.45, 7) is 2.44. The number of carbonyl (C=O) groups is 1. The molecule has 0 aliphatic heterocycles. The van der Waals surface area contributed by atoms with Crippen LogP contribution < -0.4 is 4.90 Å². The largest absolute Gasteiger partial charge is 0.383 e. The average molecular weight is 262 g/mol. The topological polar surface area (TPSA) is 62.6 Å². The van der Waals surface area contributed by atoms with E-state index in [0.717, 1.165) is 12.0 Å². The number of hydrogen-bond donors (Lipinski definition) is 0. The maximum absolute atomic E-state index is 10.7. The van der Waals surface area contributed by atoms with E-state index in [-0.39, 0.29) is 0 Å². The molecule has 0 N–H and O–H groups in total. The Balaban J connectivity index is 2.99. The summed E-state index contributed by atoms with van der Waals surface area (Å²) in [7, 11) is 3.27. The third-order valence-electron chi connectivity index (χ3n) is 2.75. The summed E-state index contributed by atoms with van der Waals surface area (Å²) < 4.78 is 10.1. The molecule has 0 bridgehead atoms. The summed E-state index contributed by atoms with van der Waals surface area (Å²) >= 11 is 0. The predicted molar refractivity (Wildman–Crippen MR) is 72.5 cm³/mol. The second-order valence-corrected chi connectivity index (χ2v) is 3.98. The highest BCUT2D eigenvalue weighted by molar-refractivity contribution is 5.78. The van der Waals surface area contributed by atoms with Gasteiger partial charge in [-0.15, -0.1) is 0 Å². The first-order chi connectivity index (χ1) is 9.26. The van der Waals surface area contributed by atoms with E-state index in [4.69, 9.17) is 9.47 Å². The van der Waals surface area contributed by atoms with Crippen molar-refractivity contribution in [3.8, 4) is 6.07 Å². The van der Waals surface area contributed by atoms with Gasteiger partial charge < -0.3 is 14.4 Å². The van der Waals surface area contributed by atoms with Crippen molar-refractivity contribution in [3.63, 3.8) is 0 Å². The molecule has 0 aromatic heterocycles. The first-order valence-corrected chi connectivity index (χ1v) is 5.99. The molecule has 0 aliphatic carbocycles. The third kappa shape index (κ3) is 4.36. The van der Waals surface area contributed by atoms with E-state index in [0.29, 0.717) is 37.4 Å². The molecular formula is C14H18N2O3. The molecule has 0 saturated carbocycles. The van der Waals surface area contributed by atoms with Crippen LogP contribution in [0.4, 0.5) is 5.69 Å². The van der Waals surface area contributed by atoms with Gasteiger partial charge >= 0.3 is 0 Å².